The summed E-state index contributed by atoms with van der Waals surface area (Å²) < 4.78 is 6.66. The van der Waals surface area contributed by atoms with Gasteiger partial charge in [-0.2, -0.15) is 9.61 Å². The normalized spacial score (nSPS) is 13.3. The van der Waals surface area contributed by atoms with Crippen LogP contribution in [0.2, 0.25) is 0 Å². The number of pyridine rings is 1. The lowest BCUT2D eigenvalue weighted by Crippen LogP contribution is -2.11. The van der Waals surface area contributed by atoms with Gasteiger partial charge in [-0.15, -0.1) is 0 Å². The number of H-pyrrole nitrogens is 1. The highest BCUT2D eigenvalue weighted by Gasteiger charge is 2.17. The molecule has 4 heterocycles. The lowest BCUT2D eigenvalue weighted by atomic mass is 10.1. The Morgan fingerprint density at radius 1 is 1.29 bits per heavy atom. The van der Waals surface area contributed by atoms with Gasteiger partial charge in [0.05, 0.1) is 18.0 Å². The minimum absolute atomic E-state index is 0.279. The number of nitrogens with zero attached hydrogens (tertiary/aromatic N) is 4. The third kappa shape index (κ3) is 5.72. The quantitative estimate of drug-likeness (QED) is 0.389. The molecule has 0 radical (unpaired) electrons. The third-order valence-electron chi connectivity index (χ3n) is 5.86. The molecule has 0 bridgehead atoms. The first kappa shape index (κ1) is 25.2. The molecule has 182 valence electrons. The van der Waals surface area contributed by atoms with Gasteiger partial charge in [0, 0.05) is 43.6 Å². The van der Waals surface area contributed by atoms with Gasteiger partial charge in [0.15, 0.2) is 5.65 Å². The van der Waals surface area contributed by atoms with Gasteiger partial charge >= 0.3 is 0 Å². The maximum absolute atomic E-state index is 11.6. The van der Waals surface area contributed by atoms with Crippen LogP contribution in [-0.2, 0) is 4.74 Å². The molecule has 4 aromatic rings. The second-order valence-corrected chi connectivity index (χ2v) is 8.18. The van der Waals surface area contributed by atoms with Crippen molar-refractivity contribution in [2.45, 2.75) is 58.5 Å². The van der Waals surface area contributed by atoms with Crippen LogP contribution in [0.3, 0.4) is 0 Å². The van der Waals surface area contributed by atoms with Crippen molar-refractivity contribution in [3.63, 3.8) is 0 Å². The predicted molar refractivity (Wildman–Crippen MR) is 136 cm³/mol. The number of nitrogens with two attached hydrogens (primary N) is 1. The van der Waals surface area contributed by atoms with Gasteiger partial charge in [-0.1, -0.05) is 39.5 Å². The fourth-order valence-corrected chi connectivity index (χ4v) is 3.74. The van der Waals surface area contributed by atoms with Crippen LogP contribution in [0.1, 0.15) is 62.7 Å². The smallest absolute Gasteiger partial charge is 0.254 e. The zero-order valence-corrected chi connectivity index (χ0v) is 20.5. The zero-order valence-electron chi connectivity index (χ0n) is 20.5. The van der Waals surface area contributed by atoms with Crippen LogP contribution in [0.25, 0.3) is 27.9 Å². The summed E-state index contributed by atoms with van der Waals surface area (Å²) in [5, 5.41) is 8.17. The summed E-state index contributed by atoms with van der Waals surface area (Å²) in [5.74, 6) is 0.142. The van der Waals surface area contributed by atoms with Crippen molar-refractivity contribution < 1.29 is 9.53 Å². The predicted octanol–water partition coefficient (Wildman–Crippen LogP) is 4.80. The Morgan fingerprint density at radius 2 is 2.03 bits per heavy atom. The molecule has 1 fully saturated rings. The molecule has 0 aliphatic heterocycles. The zero-order chi connectivity index (χ0) is 24.5. The number of anilines is 1. The van der Waals surface area contributed by atoms with E-state index in [0.717, 1.165) is 16.6 Å². The van der Waals surface area contributed by atoms with Gasteiger partial charge in [0.1, 0.15) is 17.0 Å². The number of primary amides is 1. The van der Waals surface area contributed by atoms with Crippen molar-refractivity contribution in [1.82, 2.24) is 24.6 Å². The maximum Gasteiger partial charge on any atom is 0.254 e. The first-order valence-corrected chi connectivity index (χ1v) is 11.9. The Labute approximate surface area is 200 Å². The SMILES string of the molecule is CCCC.CNc1cc(-c2c[nH]c3ncccc23)nc2c(C(N)=O)cnn12.COC1CCCC1. The fourth-order valence-electron chi connectivity index (χ4n) is 3.74. The largest absolute Gasteiger partial charge is 0.381 e. The Morgan fingerprint density at radius 3 is 2.62 bits per heavy atom. The number of hydrogen-bond acceptors (Lipinski definition) is 6. The summed E-state index contributed by atoms with van der Waals surface area (Å²) in [4.78, 5) is 23.5. The van der Waals surface area contributed by atoms with Crippen LogP contribution in [0, 0.1) is 0 Å². The van der Waals surface area contributed by atoms with Gasteiger partial charge in [-0.25, -0.2) is 9.97 Å². The van der Waals surface area contributed by atoms with Crippen molar-refractivity contribution in [2.75, 3.05) is 19.5 Å². The van der Waals surface area contributed by atoms with E-state index < -0.39 is 5.91 Å². The van der Waals surface area contributed by atoms with Gasteiger partial charge in [0.25, 0.3) is 5.91 Å². The van der Waals surface area contributed by atoms with E-state index in [1.165, 1.54) is 44.7 Å². The highest BCUT2D eigenvalue weighted by atomic mass is 16.5. The summed E-state index contributed by atoms with van der Waals surface area (Å²) in [7, 11) is 3.58. The van der Waals surface area contributed by atoms with E-state index in [2.05, 4.69) is 39.2 Å². The van der Waals surface area contributed by atoms with E-state index in [0.29, 0.717) is 23.3 Å². The molecule has 0 atom stereocenters. The van der Waals surface area contributed by atoms with Crippen LogP contribution in [0.4, 0.5) is 5.82 Å². The van der Waals surface area contributed by atoms with Crippen LogP contribution in [0.5, 0.6) is 0 Å². The number of carbonyl (C=O) groups is 1. The molecule has 4 aromatic heterocycles. The molecular weight excluding hydrogens is 430 g/mol. The highest BCUT2D eigenvalue weighted by molar-refractivity contribution is 5.99. The number of methoxy groups -OCH3 is 1. The number of fused-ring (bicyclic) bond motifs is 2. The summed E-state index contributed by atoms with van der Waals surface area (Å²) in [6.45, 7) is 4.36. The molecule has 1 aliphatic rings. The molecule has 5 rings (SSSR count). The Kier molecular flexibility index (Phi) is 8.98. The standard InChI is InChI=1S/C15H13N7O.C6H12O.C4H10/c1-17-12-5-11(9-6-19-14-8(9)3-2-4-18-14)21-15-10(13(16)23)7-20-22(12)15;1-7-6-4-2-3-5-6;1-3-4-2/h2-7,17H,1H3,(H2,16,23)(H,18,19);6H,2-5H2,1H3;3-4H2,1-2H3. The van der Waals surface area contributed by atoms with Crippen molar-refractivity contribution in [3.05, 3.63) is 42.4 Å². The van der Waals surface area contributed by atoms with Gasteiger partial charge < -0.3 is 20.8 Å². The molecule has 0 aromatic carbocycles. The van der Waals surface area contributed by atoms with E-state index in [1.807, 2.05) is 24.4 Å². The molecule has 0 unspecified atom stereocenters. The van der Waals surface area contributed by atoms with Crippen LogP contribution >= 0.6 is 0 Å². The number of aromatic amines is 1. The Balaban J connectivity index is 0.000000245. The first-order valence-electron chi connectivity index (χ1n) is 11.9. The minimum Gasteiger partial charge on any atom is -0.381 e. The Hall–Kier alpha value is -3.46. The van der Waals surface area contributed by atoms with Crippen LogP contribution in [0.15, 0.2) is 36.8 Å². The number of nitrogens with one attached hydrogen (secondary N) is 2. The van der Waals surface area contributed by atoms with Gasteiger partial charge in [0.2, 0.25) is 0 Å². The van der Waals surface area contributed by atoms with Gasteiger partial charge in [-0.05, 0) is 25.0 Å². The number of hydrogen-bond donors (Lipinski definition) is 3. The molecule has 0 saturated heterocycles. The molecule has 34 heavy (non-hydrogen) atoms. The molecule has 0 spiro atoms. The lowest BCUT2D eigenvalue weighted by Gasteiger charge is -2.07. The monoisotopic (exact) mass is 465 g/mol. The second kappa shape index (κ2) is 12.1. The number of aromatic nitrogens is 5. The van der Waals surface area contributed by atoms with Crippen molar-refractivity contribution >= 4 is 28.4 Å². The van der Waals surface area contributed by atoms with Crippen molar-refractivity contribution in [3.8, 4) is 11.3 Å². The molecule has 4 N–H and O–H groups in total. The van der Waals surface area contributed by atoms with Crippen LogP contribution < -0.4 is 11.1 Å². The highest BCUT2D eigenvalue weighted by Crippen LogP contribution is 2.29. The van der Waals surface area contributed by atoms with E-state index in [-0.39, 0.29) is 5.56 Å². The first-order chi connectivity index (χ1) is 16.5. The van der Waals surface area contributed by atoms with E-state index >= 15 is 0 Å². The van der Waals surface area contributed by atoms with Crippen molar-refractivity contribution in [2.24, 2.45) is 5.73 Å². The molecule has 1 aliphatic carbocycles. The summed E-state index contributed by atoms with van der Waals surface area (Å²) in [6, 6.07) is 5.69. The maximum atomic E-state index is 11.6. The number of carbonyl (C=O) groups excluding carboxylic acids is 1. The van der Waals surface area contributed by atoms with E-state index in [4.69, 9.17) is 10.5 Å². The summed E-state index contributed by atoms with van der Waals surface area (Å²) in [5.41, 5.74) is 8.47. The Bertz CT molecular complexity index is 1210. The number of amides is 1. The fraction of sp³-hybridized carbons (Fsp3) is 0.440. The molecule has 1 saturated carbocycles. The molecule has 9 nitrogen and oxygen atoms in total. The van der Waals surface area contributed by atoms with E-state index in [9.17, 15) is 4.79 Å². The summed E-state index contributed by atoms with van der Waals surface area (Å²) >= 11 is 0. The summed E-state index contributed by atoms with van der Waals surface area (Å²) in [6.07, 6.45) is 13.5. The number of rotatable bonds is 5. The minimum atomic E-state index is -0.563. The lowest BCUT2D eigenvalue weighted by molar-refractivity contribution is 0.100. The number of ether oxygens (including phenoxy) is 1. The average molecular weight is 466 g/mol. The van der Waals surface area contributed by atoms with Crippen molar-refractivity contribution in [1.29, 1.82) is 0 Å². The topological polar surface area (TPSA) is 123 Å². The molecule has 9 heteroatoms. The molecule has 1 amide bonds. The third-order valence-corrected chi connectivity index (χ3v) is 5.86. The van der Waals surface area contributed by atoms with Crippen LogP contribution in [-0.4, -0.2) is 50.7 Å². The number of unbranched alkanes of at least 4 members (excludes halogenated alkanes) is 1. The average Bonchev–Trinajstić information content (AvgIpc) is 3.63. The second-order valence-electron chi connectivity index (χ2n) is 8.18. The van der Waals surface area contributed by atoms with E-state index in [1.54, 1.807) is 24.9 Å². The van der Waals surface area contributed by atoms with Gasteiger partial charge in [-0.3, -0.25) is 4.79 Å². The molecular formula is C25H35N7O2.